The molecule has 0 aromatic rings. The van der Waals surface area contributed by atoms with Crippen molar-refractivity contribution in [1.29, 1.82) is 0 Å². The first-order chi connectivity index (χ1) is 21.4. The van der Waals surface area contributed by atoms with Gasteiger partial charge in [-0.25, -0.2) is 0 Å². The molecule has 4 saturated carbocycles. The summed E-state index contributed by atoms with van der Waals surface area (Å²) in [7, 11) is 1.92. The molecule has 4 aliphatic rings. The van der Waals surface area contributed by atoms with E-state index in [0.717, 1.165) is 69.1 Å². The summed E-state index contributed by atoms with van der Waals surface area (Å²) in [5, 5.41) is 3.28. The zero-order chi connectivity index (χ0) is 32.8. The number of nitrogens with one attached hydrogen (secondary N) is 1. The van der Waals surface area contributed by atoms with E-state index in [1.807, 2.05) is 7.11 Å². The third-order valence-corrected chi connectivity index (χ3v) is 13.4. The van der Waals surface area contributed by atoms with Crippen molar-refractivity contribution in [1.82, 2.24) is 5.32 Å². The molecule has 4 fully saturated rings. The van der Waals surface area contributed by atoms with Crippen LogP contribution in [0, 0.1) is 40.4 Å². The Hall–Kier alpha value is -1.43. The second-order valence-electron chi connectivity index (χ2n) is 16.3. The van der Waals surface area contributed by atoms with Crippen LogP contribution in [0.15, 0.2) is 35.5 Å². The minimum atomic E-state index is -0.201. The van der Waals surface area contributed by atoms with E-state index in [2.05, 4.69) is 78.1 Å². The fraction of sp³-hybridized carbons (Fsp3) is 0.825. The lowest BCUT2D eigenvalue weighted by atomic mass is 9.43. The Bertz CT molecular complexity index is 1080. The number of carbonyl (C=O) groups is 1. The lowest BCUT2D eigenvalue weighted by Crippen LogP contribution is -2.64. The first-order valence-corrected chi connectivity index (χ1v) is 18.6. The van der Waals surface area contributed by atoms with Gasteiger partial charge in [0.2, 0.25) is 0 Å². The predicted molar refractivity (Wildman–Crippen MR) is 188 cm³/mol. The maximum absolute atomic E-state index is 12.9. The number of allylic oxidation sites excluding steroid dienone is 4. The minimum Gasteiger partial charge on any atom is -0.461 e. The van der Waals surface area contributed by atoms with Crippen LogP contribution in [-0.4, -0.2) is 43.9 Å². The summed E-state index contributed by atoms with van der Waals surface area (Å²) in [6.07, 6.45) is 24.0. The number of methoxy groups -OCH3 is 1. The molecule has 45 heavy (non-hydrogen) atoms. The highest BCUT2D eigenvalue weighted by Crippen LogP contribution is 2.69. The number of carbonyl (C=O) groups excluding carboxylic acids is 1. The van der Waals surface area contributed by atoms with Crippen molar-refractivity contribution in [2.24, 2.45) is 46.2 Å². The smallest absolute Gasteiger partial charge is 0.320 e. The molecule has 256 valence electrons. The zero-order valence-corrected chi connectivity index (χ0v) is 30.3. The SMILES string of the molecule is CCC[C@@H](N)/C=C/[C@@H](C)[C@H]1CC[C@H]2C3CC[C@@]4(OC)C[C@@H](OC(=O)CNC/C=C(\C)CCC=C(C)C)CC[C@]4(C)[C@H]3CC[C@]12C. The number of fused-ring (bicyclic) bond motifs is 5. The van der Waals surface area contributed by atoms with Gasteiger partial charge >= 0.3 is 5.97 Å². The van der Waals surface area contributed by atoms with Crippen molar-refractivity contribution >= 4 is 5.97 Å². The van der Waals surface area contributed by atoms with Gasteiger partial charge in [0, 0.05) is 26.1 Å². The molecule has 0 heterocycles. The van der Waals surface area contributed by atoms with Crippen molar-refractivity contribution in [3.05, 3.63) is 35.5 Å². The van der Waals surface area contributed by atoms with Crippen LogP contribution in [0.4, 0.5) is 0 Å². The van der Waals surface area contributed by atoms with E-state index in [1.54, 1.807) is 0 Å². The van der Waals surface area contributed by atoms with Gasteiger partial charge in [-0.3, -0.25) is 4.79 Å². The van der Waals surface area contributed by atoms with Crippen LogP contribution >= 0.6 is 0 Å². The van der Waals surface area contributed by atoms with E-state index in [1.165, 1.54) is 43.3 Å². The van der Waals surface area contributed by atoms with E-state index in [-0.39, 0.29) is 35.7 Å². The second-order valence-corrected chi connectivity index (χ2v) is 16.3. The first-order valence-electron chi connectivity index (χ1n) is 18.6. The van der Waals surface area contributed by atoms with Crippen LogP contribution in [0.5, 0.6) is 0 Å². The van der Waals surface area contributed by atoms with E-state index >= 15 is 0 Å². The molecule has 4 aliphatic carbocycles. The summed E-state index contributed by atoms with van der Waals surface area (Å²) in [5.74, 6) is 3.48. The fourth-order valence-corrected chi connectivity index (χ4v) is 10.8. The average Bonchev–Trinajstić information content (AvgIpc) is 3.35. The normalized spacial score (nSPS) is 37.8. The van der Waals surface area contributed by atoms with Crippen LogP contribution in [0.25, 0.3) is 0 Å². The molecular formula is C40H68N2O3. The van der Waals surface area contributed by atoms with Crippen LogP contribution in [-0.2, 0) is 14.3 Å². The van der Waals surface area contributed by atoms with Gasteiger partial charge in [0.25, 0.3) is 0 Å². The molecule has 0 saturated heterocycles. The highest BCUT2D eigenvalue weighted by molar-refractivity contribution is 5.71. The summed E-state index contributed by atoms with van der Waals surface area (Å²) >= 11 is 0. The topological polar surface area (TPSA) is 73.6 Å². The summed E-state index contributed by atoms with van der Waals surface area (Å²) in [4.78, 5) is 12.9. The van der Waals surface area contributed by atoms with Crippen LogP contribution in [0.3, 0.4) is 0 Å². The molecule has 0 radical (unpaired) electrons. The molecule has 5 heteroatoms. The molecule has 5 nitrogen and oxygen atoms in total. The second kappa shape index (κ2) is 15.6. The fourth-order valence-electron chi connectivity index (χ4n) is 10.8. The summed E-state index contributed by atoms with van der Waals surface area (Å²) in [5.41, 5.74) is 9.42. The van der Waals surface area contributed by atoms with E-state index in [0.29, 0.717) is 23.8 Å². The highest BCUT2D eigenvalue weighted by atomic mass is 16.5. The van der Waals surface area contributed by atoms with Crippen molar-refractivity contribution in [3.63, 3.8) is 0 Å². The Labute approximate surface area is 276 Å². The van der Waals surface area contributed by atoms with Gasteiger partial charge in [-0.05, 0) is 132 Å². The highest BCUT2D eigenvalue weighted by Gasteiger charge is 2.65. The van der Waals surface area contributed by atoms with Crippen LogP contribution < -0.4 is 11.1 Å². The van der Waals surface area contributed by atoms with Gasteiger partial charge in [0.05, 0.1) is 12.1 Å². The van der Waals surface area contributed by atoms with E-state index < -0.39 is 0 Å². The molecule has 0 aromatic heterocycles. The Morgan fingerprint density at radius 1 is 1.00 bits per heavy atom. The number of ether oxygens (including phenoxy) is 2. The van der Waals surface area contributed by atoms with Gasteiger partial charge in [0.15, 0.2) is 0 Å². The van der Waals surface area contributed by atoms with Gasteiger partial charge in [-0.15, -0.1) is 0 Å². The molecule has 3 N–H and O–H groups in total. The standard InChI is InChI=1S/C40H68N2O3/c1-9-11-31(41)15-14-30(5)34-16-17-35-33-19-24-40(44-8)26-32(18-23-39(40,7)36(33)20-22-38(34,35)6)45-37(43)27-42-25-21-29(4)13-10-12-28(2)3/h12,14-15,21,30-36,42H,9-11,13,16-20,22-27,41H2,1-8H3/b15-14+,29-21+/t30-,31-,32+,33?,34-,35+,36+,38-,39-,40-/m1/s1. The predicted octanol–water partition coefficient (Wildman–Crippen LogP) is 8.93. The van der Waals surface area contributed by atoms with E-state index in [9.17, 15) is 4.79 Å². The first kappa shape index (κ1) is 36.4. The maximum Gasteiger partial charge on any atom is 0.320 e. The number of rotatable bonds is 14. The number of hydrogen-bond acceptors (Lipinski definition) is 5. The molecule has 0 spiro atoms. The lowest BCUT2D eigenvalue weighted by molar-refractivity contribution is -0.235. The number of nitrogens with two attached hydrogens (primary N) is 1. The summed E-state index contributed by atoms with van der Waals surface area (Å²) in [6, 6.07) is 0.193. The molecule has 0 bridgehead atoms. The summed E-state index contributed by atoms with van der Waals surface area (Å²) in [6.45, 7) is 17.2. The minimum absolute atomic E-state index is 0.0540. The Morgan fingerprint density at radius 3 is 2.49 bits per heavy atom. The molecule has 0 aromatic carbocycles. The van der Waals surface area contributed by atoms with Crippen molar-refractivity contribution < 1.29 is 14.3 Å². The third-order valence-electron chi connectivity index (χ3n) is 13.4. The lowest BCUT2D eigenvalue weighted by Gasteiger charge is -2.65. The van der Waals surface area contributed by atoms with Crippen molar-refractivity contribution in [2.75, 3.05) is 20.2 Å². The zero-order valence-electron chi connectivity index (χ0n) is 30.3. The largest absolute Gasteiger partial charge is 0.461 e. The maximum atomic E-state index is 12.9. The third kappa shape index (κ3) is 8.00. The monoisotopic (exact) mass is 625 g/mol. The molecule has 4 rings (SSSR count). The molecule has 1 unspecified atom stereocenters. The summed E-state index contributed by atoms with van der Waals surface area (Å²) < 4.78 is 12.7. The molecule has 10 atom stereocenters. The van der Waals surface area contributed by atoms with Crippen LogP contribution in [0.2, 0.25) is 0 Å². The molecular weight excluding hydrogens is 556 g/mol. The average molecular weight is 625 g/mol. The van der Waals surface area contributed by atoms with Crippen molar-refractivity contribution in [2.45, 2.75) is 150 Å². The van der Waals surface area contributed by atoms with Gasteiger partial charge < -0.3 is 20.5 Å². The quantitative estimate of drug-likeness (QED) is 0.115. The van der Waals surface area contributed by atoms with Crippen LogP contribution in [0.1, 0.15) is 132 Å². The Morgan fingerprint density at radius 2 is 1.78 bits per heavy atom. The van der Waals surface area contributed by atoms with Gasteiger partial charge in [0.1, 0.15) is 6.10 Å². The Kier molecular flexibility index (Phi) is 12.7. The molecule has 0 aliphatic heterocycles. The number of hydrogen-bond donors (Lipinski definition) is 2. The van der Waals surface area contributed by atoms with Gasteiger partial charge in [-0.2, -0.15) is 0 Å². The van der Waals surface area contributed by atoms with Crippen molar-refractivity contribution in [3.8, 4) is 0 Å². The Balaban J connectivity index is 1.33. The number of esters is 1. The van der Waals surface area contributed by atoms with E-state index in [4.69, 9.17) is 15.2 Å². The van der Waals surface area contributed by atoms with Gasteiger partial charge in [-0.1, -0.05) is 69.6 Å². The molecule has 0 amide bonds.